The van der Waals surface area contributed by atoms with E-state index in [1.807, 2.05) is 6.07 Å². The highest BCUT2D eigenvalue weighted by Crippen LogP contribution is 2.11. The Kier molecular flexibility index (Phi) is 5.11. The van der Waals surface area contributed by atoms with Gasteiger partial charge in [0, 0.05) is 0 Å². The molecule has 1 unspecified atom stereocenters. The van der Waals surface area contributed by atoms with Crippen LogP contribution in [0.4, 0.5) is 0 Å². The fourth-order valence-electron chi connectivity index (χ4n) is 1.99. The van der Waals surface area contributed by atoms with E-state index in [0.29, 0.717) is 11.1 Å². The molecule has 0 aliphatic carbocycles. The van der Waals surface area contributed by atoms with Gasteiger partial charge in [-0.25, -0.2) is 8.42 Å². The van der Waals surface area contributed by atoms with Crippen LogP contribution in [0.2, 0.25) is 0 Å². The molecule has 118 valence electrons. The van der Waals surface area contributed by atoms with Crippen molar-refractivity contribution in [1.29, 1.82) is 5.26 Å². The molecule has 0 radical (unpaired) electrons. The fourth-order valence-corrected chi connectivity index (χ4v) is 3.20. The molecule has 6 nitrogen and oxygen atoms in total. The summed E-state index contributed by atoms with van der Waals surface area (Å²) in [5.41, 5.74) is 1.07. The molecule has 0 amide bonds. The van der Waals surface area contributed by atoms with Crippen LogP contribution in [0.5, 0.6) is 0 Å². The van der Waals surface area contributed by atoms with Crippen LogP contribution in [0.15, 0.2) is 59.5 Å². The van der Waals surface area contributed by atoms with E-state index < -0.39 is 22.0 Å². The lowest BCUT2D eigenvalue weighted by atomic mass is 10.1. The number of hydrogen-bond donors (Lipinski definition) is 2. The standard InChI is InChI=1S/C16H14N2O4S/c17-11-13-8-6-12(7-9-13)10-15(16(19)20)18-23(21,22)14-4-2-1-3-5-14/h1-9,15,18H,10H2,(H,19,20). The van der Waals surface area contributed by atoms with Gasteiger partial charge in [-0.1, -0.05) is 30.3 Å². The number of nitrogens with one attached hydrogen (secondary N) is 1. The Balaban J connectivity index is 2.19. The number of sulfonamides is 1. The zero-order valence-corrected chi connectivity index (χ0v) is 12.8. The molecule has 2 N–H and O–H groups in total. The minimum absolute atomic E-state index is 0.00563. The maximum atomic E-state index is 12.2. The van der Waals surface area contributed by atoms with Gasteiger partial charge in [-0.05, 0) is 36.2 Å². The molecule has 23 heavy (non-hydrogen) atoms. The third-order valence-corrected chi connectivity index (χ3v) is 4.66. The Morgan fingerprint density at radius 2 is 1.74 bits per heavy atom. The average Bonchev–Trinajstić information content (AvgIpc) is 2.55. The predicted octanol–water partition coefficient (Wildman–Crippen LogP) is 1.53. The average molecular weight is 330 g/mol. The van der Waals surface area contributed by atoms with Crippen molar-refractivity contribution in [1.82, 2.24) is 4.72 Å². The van der Waals surface area contributed by atoms with Gasteiger partial charge >= 0.3 is 5.97 Å². The van der Waals surface area contributed by atoms with E-state index >= 15 is 0 Å². The molecule has 0 saturated heterocycles. The molecular weight excluding hydrogens is 316 g/mol. The Morgan fingerprint density at radius 3 is 2.26 bits per heavy atom. The van der Waals surface area contributed by atoms with Crippen LogP contribution >= 0.6 is 0 Å². The number of carboxylic acid groups (broad SMARTS) is 1. The molecule has 0 saturated carbocycles. The highest BCUT2D eigenvalue weighted by molar-refractivity contribution is 7.89. The maximum Gasteiger partial charge on any atom is 0.322 e. The highest BCUT2D eigenvalue weighted by Gasteiger charge is 2.25. The summed E-state index contributed by atoms with van der Waals surface area (Å²) in [6, 6.07) is 14.6. The molecule has 0 spiro atoms. The smallest absolute Gasteiger partial charge is 0.322 e. The largest absolute Gasteiger partial charge is 0.480 e. The van der Waals surface area contributed by atoms with E-state index in [1.165, 1.54) is 12.1 Å². The first kappa shape index (κ1) is 16.7. The summed E-state index contributed by atoms with van der Waals surface area (Å²) in [7, 11) is -3.92. The normalized spacial score (nSPS) is 12.3. The van der Waals surface area contributed by atoms with E-state index in [9.17, 15) is 18.3 Å². The molecule has 2 aromatic rings. The predicted molar refractivity (Wildman–Crippen MR) is 83.0 cm³/mol. The highest BCUT2D eigenvalue weighted by atomic mass is 32.2. The number of carboxylic acids is 1. The summed E-state index contributed by atoms with van der Waals surface area (Å²) in [5, 5.41) is 18.0. The second kappa shape index (κ2) is 7.05. The Hall–Kier alpha value is -2.69. The minimum Gasteiger partial charge on any atom is -0.480 e. The van der Waals surface area contributed by atoms with Crippen LogP contribution in [0.3, 0.4) is 0 Å². The molecule has 7 heteroatoms. The summed E-state index contributed by atoms with van der Waals surface area (Å²) >= 11 is 0. The van der Waals surface area contributed by atoms with Crippen LogP contribution in [0, 0.1) is 11.3 Å². The van der Waals surface area contributed by atoms with Gasteiger partial charge in [-0.2, -0.15) is 9.98 Å². The second-order valence-electron chi connectivity index (χ2n) is 4.84. The van der Waals surface area contributed by atoms with Crippen molar-refractivity contribution >= 4 is 16.0 Å². The second-order valence-corrected chi connectivity index (χ2v) is 6.55. The van der Waals surface area contributed by atoms with Crippen molar-refractivity contribution in [2.45, 2.75) is 17.4 Å². The van der Waals surface area contributed by atoms with Crippen molar-refractivity contribution in [3.05, 3.63) is 65.7 Å². The lowest BCUT2D eigenvalue weighted by Gasteiger charge is -2.15. The lowest BCUT2D eigenvalue weighted by Crippen LogP contribution is -2.42. The molecule has 0 aliphatic heterocycles. The molecule has 0 aromatic heterocycles. The Bertz CT molecular complexity index is 825. The van der Waals surface area contributed by atoms with Crippen LogP contribution in [-0.2, 0) is 21.2 Å². The summed E-state index contributed by atoms with van der Waals surface area (Å²) in [4.78, 5) is 11.4. The van der Waals surface area contributed by atoms with E-state index in [2.05, 4.69) is 4.72 Å². The van der Waals surface area contributed by atoms with E-state index in [0.717, 1.165) is 0 Å². The number of carbonyl (C=O) groups is 1. The topological polar surface area (TPSA) is 107 Å². The molecule has 2 rings (SSSR count). The van der Waals surface area contributed by atoms with E-state index in [-0.39, 0.29) is 11.3 Å². The van der Waals surface area contributed by atoms with Crippen molar-refractivity contribution in [2.24, 2.45) is 0 Å². The number of aliphatic carboxylic acids is 1. The molecule has 0 fully saturated rings. The minimum atomic E-state index is -3.92. The van der Waals surface area contributed by atoms with E-state index in [1.54, 1.807) is 42.5 Å². The van der Waals surface area contributed by atoms with Gasteiger partial charge < -0.3 is 5.11 Å². The quantitative estimate of drug-likeness (QED) is 0.835. The Labute approximate surface area is 134 Å². The maximum absolute atomic E-state index is 12.2. The van der Waals surface area contributed by atoms with Crippen LogP contribution < -0.4 is 4.72 Å². The monoisotopic (exact) mass is 330 g/mol. The van der Waals surface area contributed by atoms with Gasteiger partial charge in [0.2, 0.25) is 10.0 Å². The van der Waals surface area contributed by atoms with Crippen molar-refractivity contribution in [3.8, 4) is 6.07 Å². The van der Waals surface area contributed by atoms with E-state index in [4.69, 9.17) is 5.26 Å². The number of benzene rings is 2. The van der Waals surface area contributed by atoms with Crippen molar-refractivity contribution in [3.63, 3.8) is 0 Å². The SMILES string of the molecule is N#Cc1ccc(CC(NS(=O)(=O)c2ccccc2)C(=O)O)cc1. The molecule has 2 aromatic carbocycles. The number of nitriles is 1. The molecule has 1 atom stereocenters. The summed E-state index contributed by atoms with van der Waals surface area (Å²) < 4.78 is 26.6. The summed E-state index contributed by atoms with van der Waals surface area (Å²) in [6.07, 6.45) is -0.0207. The third kappa shape index (κ3) is 4.39. The zero-order valence-electron chi connectivity index (χ0n) is 12.0. The summed E-state index contributed by atoms with van der Waals surface area (Å²) in [5.74, 6) is -1.27. The number of nitrogens with zero attached hydrogens (tertiary/aromatic N) is 1. The van der Waals surface area contributed by atoms with Gasteiger partial charge in [0.1, 0.15) is 6.04 Å². The first-order valence-corrected chi connectivity index (χ1v) is 8.20. The third-order valence-electron chi connectivity index (χ3n) is 3.17. The van der Waals surface area contributed by atoms with Gasteiger partial charge in [0.25, 0.3) is 0 Å². The zero-order chi connectivity index (χ0) is 16.9. The molecule has 0 heterocycles. The van der Waals surface area contributed by atoms with Crippen molar-refractivity contribution in [2.75, 3.05) is 0 Å². The van der Waals surface area contributed by atoms with Crippen LogP contribution in [0.25, 0.3) is 0 Å². The number of rotatable bonds is 6. The first-order chi connectivity index (χ1) is 10.9. The van der Waals surface area contributed by atoms with Gasteiger partial charge in [0.05, 0.1) is 16.5 Å². The van der Waals surface area contributed by atoms with Gasteiger partial charge in [0.15, 0.2) is 0 Å². The summed E-state index contributed by atoms with van der Waals surface area (Å²) in [6.45, 7) is 0. The molecule has 0 aliphatic rings. The van der Waals surface area contributed by atoms with Crippen LogP contribution in [-0.4, -0.2) is 25.5 Å². The molecular formula is C16H14N2O4S. The Morgan fingerprint density at radius 1 is 1.13 bits per heavy atom. The lowest BCUT2D eigenvalue weighted by molar-refractivity contribution is -0.138. The fraction of sp³-hybridized carbons (Fsp3) is 0.125. The van der Waals surface area contributed by atoms with Gasteiger partial charge in [-0.15, -0.1) is 0 Å². The first-order valence-electron chi connectivity index (χ1n) is 6.71. The number of hydrogen-bond acceptors (Lipinski definition) is 4. The van der Waals surface area contributed by atoms with Crippen LogP contribution in [0.1, 0.15) is 11.1 Å². The molecule has 0 bridgehead atoms. The van der Waals surface area contributed by atoms with Crippen molar-refractivity contribution < 1.29 is 18.3 Å². The van der Waals surface area contributed by atoms with Gasteiger partial charge in [-0.3, -0.25) is 4.79 Å².